The van der Waals surface area contributed by atoms with Gasteiger partial charge in [-0.1, -0.05) is 23.2 Å². The molecular weight excluding hydrogens is 994 g/mol. The molecule has 0 aromatic heterocycles. The van der Waals surface area contributed by atoms with Gasteiger partial charge >= 0.3 is 0 Å². The van der Waals surface area contributed by atoms with E-state index in [4.69, 9.17) is 67.5 Å². The fraction of sp³-hybridized carbons (Fsp3) is 0.250. The van der Waals surface area contributed by atoms with Crippen LogP contribution in [0.2, 0.25) is 10.0 Å². The molecule has 69 heavy (non-hydrogen) atoms. The van der Waals surface area contributed by atoms with Crippen LogP contribution >= 0.6 is 58.0 Å². The van der Waals surface area contributed by atoms with Gasteiger partial charge in [-0.3, -0.25) is 28.8 Å². The lowest BCUT2D eigenvalue weighted by atomic mass is 10.1. The molecule has 4 amide bonds. The van der Waals surface area contributed by atoms with Gasteiger partial charge in [0.25, 0.3) is 23.6 Å². The van der Waals surface area contributed by atoms with Gasteiger partial charge in [-0.25, -0.2) is 0 Å². The number of halogens is 5. The van der Waals surface area contributed by atoms with Crippen LogP contribution < -0.4 is 30.7 Å². The van der Waals surface area contributed by atoms with Crippen molar-refractivity contribution in [2.24, 2.45) is 20.5 Å². The third kappa shape index (κ3) is 15.0. The van der Waals surface area contributed by atoms with Gasteiger partial charge in [0.15, 0.2) is 11.6 Å². The number of benzene rings is 5. The number of aryl methyl sites for hydroxylation is 2. The topological polar surface area (TPSA) is 218 Å². The Balaban J connectivity index is 1.27. The van der Waals surface area contributed by atoms with Gasteiger partial charge in [0, 0.05) is 55.7 Å². The van der Waals surface area contributed by atoms with Crippen molar-refractivity contribution in [2.45, 2.75) is 51.1 Å². The van der Waals surface area contributed by atoms with E-state index in [1.807, 2.05) is 0 Å². The number of azo groups is 2. The molecule has 3 unspecified atom stereocenters. The van der Waals surface area contributed by atoms with Gasteiger partial charge in [-0.05, 0) is 141 Å². The van der Waals surface area contributed by atoms with E-state index >= 15 is 0 Å². The number of anilines is 4. The van der Waals surface area contributed by atoms with Crippen LogP contribution in [0.15, 0.2) is 111 Å². The molecule has 0 aliphatic heterocycles. The minimum absolute atomic E-state index is 0.0886. The first-order chi connectivity index (χ1) is 32.9. The third-order valence-electron chi connectivity index (χ3n) is 9.94. The highest BCUT2D eigenvalue weighted by Crippen LogP contribution is 2.32. The zero-order chi connectivity index (χ0) is 50.4. The fourth-order valence-electron chi connectivity index (χ4n) is 6.62. The second-order valence-corrected chi connectivity index (χ2v) is 17.4. The van der Waals surface area contributed by atoms with Gasteiger partial charge in [0.2, 0.25) is 12.1 Å². The van der Waals surface area contributed by atoms with E-state index in [0.717, 1.165) is 25.0 Å². The number of hydrogen-bond donors (Lipinski definition) is 4. The molecule has 0 spiro atoms. The number of carbonyl (C=O) groups excluding carboxylic acids is 6. The minimum atomic E-state index is -1.63. The van der Waals surface area contributed by atoms with Crippen molar-refractivity contribution in [1.82, 2.24) is 0 Å². The number of ketones is 2. The van der Waals surface area contributed by atoms with E-state index in [-0.39, 0.29) is 43.9 Å². The van der Waals surface area contributed by atoms with Crippen LogP contribution in [-0.2, 0) is 32.0 Å². The Morgan fingerprint density at radius 1 is 0.565 bits per heavy atom. The fourth-order valence-corrected chi connectivity index (χ4v) is 7.67. The van der Waals surface area contributed by atoms with Crippen LogP contribution in [0, 0.1) is 0 Å². The number of amides is 4. The molecule has 360 valence electrons. The van der Waals surface area contributed by atoms with E-state index in [2.05, 4.69) is 41.7 Å². The standard InChI is InChI=1S/C48H45Cl5N8O8/c1-25(51)39-24-36(56-47(66)43(26(2)62)60-58-37-20-30(16-32(52)22-37)45(64)54-34-7-10-41(68-4)28(18-34)12-14-49)6-9-40(39)57-48(67)44(27(3)63)61-59-38-21-31(17-33(53)23-38)46(65)55-35-8-11-42(69-5)29(19-35)13-15-50/h6-11,16-25,43-44H,12-15H2,1-5H3,(H,54,64)(H,55,65)(H,56,66)(H,57,67). The first kappa shape index (κ1) is 53.5. The Labute approximate surface area is 422 Å². The zero-order valence-corrected chi connectivity index (χ0v) is 41.4. The molecule has 0 fully saturated rings. The SMILES string of the molecule is COc1ccc(NC(=O)c2cc(Cl)cc(N=NC(C(C)=O)C(=O)Nc3ccc(NC(=O)C(N=Nc4cc(Cl)cc(C(=O)Nc5ccc(OC)c(CCCl)c5)c4)C(C)=O)c(C(C)Cl)c3)c2)cc1CCCl. The molecule has 5 aromatic carbocycles. The summed E-state index contributed by atoms with van der Waals surface area (Å²) in [6.45, 7) is 3.93. The van der Waals surface area contributed by atoms with E-state index in [0.29, 0.717) is 53.0 Å². The Morgan fingerprint density at radius 2 is 0.986 bits per heavy atom. The van der Waals surface area contributed by atoms with Gasteiger partial charge in [0.1, 0.15) is 11.5 Å². The summed E-state index contributed by atoms with van der Waals surface area (Å²) in [7, 11) is 3.07. The van der Waals surface area contributed by atoms with E-state index < -0.39 is 52.7 Å². The second-order valence-electron chi connectivity index (χ2n) is 15.1. The molecule has 5 rings (SSSR count). The number of nitrogens with zero attached hydrogens (tertiary/aromatic N) is 4. The van der Waals surface area contributed by atoms with Crippen LogP contribution in [-0.4, -0.2) is 73.3 Å². The van der Waals surface area contributed by atoms with Gasteiger partial charge in [-0.15, -0.1) is 34.8 Å². The number of Topliss-reactive ketones (excluding diaryl/α,β-unsaturated/α-hetero) is 2. The van der Waals surface area contributed by atoms with Crippen LogP contribution in [0.25, 0.3) is 0 Å². The van der Waals surface area contributed by atoms with Crippen LogP contribution in [0.5, 0.6) is 11.5 Å². The monoisotopic (exact) mass is 1040 g/mol. The summed E-state index contributed by atoms with van der Waals surface area (Å²) in [5, 5.41) is 26.5. The smallest absolute Gasteiger partial charge is 0.258 e. The summed E-state index contributed by atoms with van der Waals surface area (Å²) >= 11 is 31.0. The molecule has 21 heteroatoms. The molecule has 0 heterocycles. The summed E-state index contributed by atoms with van der Waals surface area (Å²) in [5.41, 5.74) is 3.70. The normalized spacial score (nSPS) is 12.5. The summed E-state index contributed by atoms with van der Waals surface area (Å²) in [5.74, 6) is -2.09. The van der Waals surface area contributed by atoms with Crippen molar-refractivity contribution in [3.8, 4) is 11.5 Å². The number of methoxy groups -OCH3 is 2. The van der Waals surface area contributed by atoms with Gasteiger partial charge in [-0.2, -0.15) is 20.5 Å². The molecular formula is C48H45Cl5N8O8. The Morgan fingerprint density at radius 3 is 1.39 bits per heavy atom. The van der Waals surface area contributed by atoms with E-state index in [1.165, 1.54) is 68.8 Å². The molecule has 0 bridgehead atoms. The summed E-state index contributed by atoms with van der Waals surface area (Å²) < 4.78 is 10.7. The van der Waals surface area contributed by atoms with Crippen LogP contribution in [0.4, 0.5) is 34.1 Å². The summed E-state index contributed by atoms with van der Waals surface area (Å²) in [6.07, 6.45) is 1.03. The third-order valence-corrected chi connectivity index (χ3v) is 11.0. The van der Waals surface area contributed by atoms with Crippen molar-refractivity contribution >= 4 is 127 Å². The Kier molecular flexibility index (Phi) is 19.6. The molecule has 4 N–H and O–H groups in total. The quantitative estimate of drug-likeness (QED) is 0.0314. The average Bonchev–Trinajstić information content (AvgIpc) is 3.29. The first-order valence-corrected chi connectivity index (χ1v) is 23.1. The predicted octanol–water partition coefficient (Wildman–Crippen LogP) is 11.7. The number of nitrogens with one attached hydrogen (secondary N) is 4. The Bertz CT molecular complexity index is 2820. The molecule has 16 nitrogen and oxygen atoms in total. The largest absolute Gasteiger partial charge is 0.496 e. The van der Waals surface area contributed by atoms with Crippen molar-refractivity contribution < 1.29 is 38.2 Å². The number of ether oxygens (including phenoxy) is 2. The molecule has 0 saturated heterocycles. The highest BCUT2D eigenvalue weighted by Gasteiger charge is 2.27. The highest BCUT2D eigenvalue weighted by atomic mass is 35.5. The van der Waals surface area contributed by atoms with E-state index in [9.17, 15) is 28.8 Å². The van der Waals surface area contributed by atoms with Crippen molar-refractivity contribution in [3.63, 3.8) is 0 Å². The van der Waals surface area contributed by atoms with Gasteiger partial charge in [0.05, 0.1) is 31.0 Å². The zero-order valence-electron chi connectivity index (χ0n) is 37.7. The summed E-state index contributed by atoms with van der Waals surface area (Å²) in [6, 6.07) is 19.8. The maximum atomic E-state index is 13.5. The molecule has 0 saturated carbocycles. The number of hydrogen-bond acceptors (Lipinski definition) is 12. The van der Waals surface area contributed by atoms with Crippen molar-refractivity contribution in [1.29, 1.82) is 0 Å². The number of rotatable bonds is 21. The van der Waals surface area contributed by atoms with Crippen LogP contribution in [0.1, 0.15) is 63.6 Å². The average molecular weight is 1040 g/mol. The summed E-state index contributed by atoms with van der Waals surface area (Å²) in [4.78, 5) is 78.9. The van der Waals surface area contributed by atoms with Crippen molar-refractivity contribution in [3.05, 3.63) is 129 Å². The van der Waals surface area contributed by atoms with E-state index in [1.54, 1.807) is 43.3 Å². The second kappa shape index (κ2) is 25.3. The molecule has 3 atom stereocenters. The van der Waals surface area contributed by atoms with Crippen molar-refractivity contribution in [2.75, 3.05) is 47.2 Å². The number of alkyl halides is 3. The maximum absolute atomic E-state index is 13.5. The lowest BCUT2D eigenvalue weighted by Crippen LogP contribution is -2.32. The molecule has 0 radical (unpaired) electrons. The minimum Gasteiger partial charge on any atom is -0.496 e. The number of carbonyl (C=O) groups is 6. The maximum Gasteiger partial charge on any atom is 0.258 e. The molecule has 0 aliphatic carbocycles. The van der Waals surface area contributed by atoms with Gasteiger partial charge < -0.3 is 30.7 Å². The lowest BCUT2D eigenvalue weighted by molar-refractivity contribution is -0.127. The lowest BCUT2D eigenvalue weighted by Gasteiger charge is -2.17. The molecule has 0 aliphatic rings. The molecule has 5 aromatic rings. The highest BCUT2D eigenvalue weighted by molar-refractivity contribution is 6.32. The Hall–Kier alpha value is -6.43. The van der Waals surface area contributed by atoms with Crippen LogP contribution in [0.3, 0.4) is 0 Å². The first-order valence-electron chi connectivity index (χ1n) is 20.8. The predicted molar refractivity (Wildman–Crippen MR) is 270 cm³/mol.